The van der Waals surface area contributed by atoms with E-state index in [1.807, 2.05) is 145 Å². The Kier molecular flexibility index (Phi) is 38.3. The van der Waals surface area contributed by atoms with Gasteiger partial charge >= 0.3 is 0 Å². The van der Waals surface area contributed by atoms with Gasteiger partial charge in [-0.2, -0.15) is 0 Å². The molecule has 35 atom stereocenters. The second-order valence-electron chi connectivity index (χ2n) is 38.3. The third-order valence-electron chi connectivity index (χ3n) is 21.8. The molecule has 0 N–H and O–H groups in total. The predicted molar refractivity (Wildman–Crippen MR) is 426 cm³/mol. The summed E-state index contributed by atoms with van der Waals surface area (Å²) in [6, 6.07) is 0. The third kappa shape index (κ3) is 27.4. The van der Waals surface area contributed by atoms with Gasteiger partial charge in [-0.1, -0.05) is 0 Å². The maximum atomic E-state index is 7.34. The zero-order valence-corrected chi connectivity index (χ0v) is 77.9. The molecule has 0 radical (unpaired) electrons. The molecule has 35 nitrogen and oxygen atoms in total. The lowest BCUT2D eigenvalue weighted by Crippen LogP contribution is -2.69. The molecule has 0 aromatic heterocycles. The summed E-state index contributed by atoms with van der Waals surface area (Å²) in [5, 5.41) is 0. The van der Waals surface area contributed by atoms with Crippen molar-refractivity contribution in [3.63, 3.8) is 0 Å². The van der Waals surface area contributed by atoms with Crippen molar-refractivity contribution in [1.29, 1.82) is 0 Å². The van der Waals surface area contributed by atoms with Crippen LogP contribution in [0.25, 0.3) is 0 Å². The molecule has 0 aromatic rings. The minimum absolute atomic E-state index is 0.0664. The molecule has 21 rings (SSSR count). The summed E-state index contributed by atoms with van der Waals surface area (Å²) >= 11 is 0. The molecule has 21 saturated heterocycles. The number of rotatable bonds is 28. The summed E-state index contributed by atoms with van der Waals surface area (Å²) in [4.78, 5) is 0. The highest BCUT2D eigenvalue weighted by atomic mass is 16.8. The van der Waals surface area contributed by atoms with Gasteiger partial charge in [0.2, 0.25) is 0 Å². The van der Waals surface area contributed by atoms with Gasteiger partial charge in [-0.05, 0) is 145 Å². The molecule has 35 heteroatoms. The summed E-state index contributed by atoms with van der Waals surface area (Å²) in [5.74, 6) is 0. The number of hydrogen-bond acceptors (Lipinski definition) is 35. The molecule has 21 fully saturated rings. The van der Waals surface area contributed by atoms with E-state index in [0.717, 1.165) is 0 Å². The van der Waals surface area contributed by atoms with E-state index in [1.165, 1.54) is 49.8 Å². The Bertz CT molecular complexity index is 2370. The second kappa shape index (κ2) is 44.3. The van der Waals surface area contributed by atoms with E-state index in [4.69, 9.17) is 166 Å². The van der Waals surface area contributed by atoms with Crippen LogP contribution in [0.15, 0.2) is 0 Å². The highest BCUT2D eigenvalue weighted by Crippen LogP contribution is 2.45. The van der Waals surface area contributed by atoms with Gasteiger partial charge < -0.3 is 166 Å². The van der Waals surface area contributed by atoms with E-state index in [0.29, 0.717) is 0 Å². The lowest BCUT2D eigenvalue weighted by atomic mass is 9.94. The van der Waals surface area contributed by atoms with Gasteiger partial charge in [0.25, 0.3) is 0 Å². The molecule has 21 aliphatic heterocycles. The Labute approximate surface area is 708 Å². The van der Waals surface area contributed by atoms with Crippen LogP contribution in [0.3, 0.4) is 0 Å². The maximum Gasteiger partial charge on any atom is 0.187 e. The van der Waals surface area contributed by atoms with Crippen molar-refractivity contribution in [2.24, 2.45) is 0 Å². The highest BCUT2D eigenvalue weighted by Gasteiger charge is 2.63. The third-order valence-corrected chi connectivity index (χ3v) is 21.8. The van der Waals surface area contributed by atoms with Crippen LogP contribution in [0.2, 0.25) is 0 Å². The Morgan fingerprint density at radius 1 is 0.143 bits per heavy atom. The molecule has 119 heavy (non-hydrogen) atoms. The number of ether oxygens (including phenoxy) is 35. The van der Waals surface area contributed by atoms with Gasteiger partial charge in [0.1, 0.15) is 171 Å². The fourth-order valence-corrected chi connectivity index (χ4v) is 16.0. The first-order chi connectivity index (χ1) is 55.7. The molecule has 14 bridgehead atoms. The molecular formula is C84H154O35. The fraction of sp³-hybridized carbons (Fsp3) is 1.00. The molecular weight excluding hydrogens is 1570 g/mol. The van der Waals surface area contributed by atoms with E-state index < -0.39 is 254 Å². The van der Waals surface area contributed by atoms with Crippen molar-refractivity contribution >= 4 is 0 Å². The molecule has 0 aliphatic carbocycles. The average Bonchev–Trinajstić information content (AvgIpc) is 0.798. The van der Waals surface area contributed by atoms with Crippen molar-refractivity contribution in [2.45, 2.75) is 400 Å². The number of hydrogen-bond donors (Lipinski definition) is 0. The normalized spacial score (nSPS) is 41.1. The Morgan fingerprint density at radius 3 is 0.311 bits per heavy atom. The highest BCUT2D eigenvalue weighted by molar-refractivity contribution is 5.05. The van der Waals surface area contributed by atoms with Crippen LogP contribution in [-0.4, -0.2) is 400 Å². The molecule has 21 heterocycles. The van der Waals surface area contributed by atoms with Crippen LogP contribution in [0.5, 0.6) is 0 Å². The minimum Gasteiger partial charge on any atom is -0.376 e. The lowest BCUT2D eigenvalue weighted by Gasteiger charge is -2.53. The molecule has 0 spiro atoms. The molecule has 21 aliphatic rings. The van der Waals surface area contributed by atoms with Gasteiger partial charge in [-0.15, -0.1) is 0 Å². The molecule has 0 unspecified atom stereocenters. The van der Waals surface area contributed by atoms with Crippen molar-refractivity contribution in [3.8, 4) is 0 Å². The van der Waals surface area contributed by atoms with Crippen LogP contribution in [0, 0.1) is 0 Å². The van der Waals surface area contributed by atoms with Gasteiger partial charge in [0.15, 0.2) is 44.0 Å². The Balaban J connectivity index is 1.34. The second-order valence-corrected chi connectivity index (χ2v) is 38.3. The Morgan fingerprint density at radius 2 is 0.235 bits per heavy atom. The molecule has 0 aromatic carbocycles. The van der Waals surface area contributed by atoms with E-state index in [-0.39, 0.29) is 46.2 Å². The van der Waals surface area contributed by atoms with E-state index in [1.54, 1.807) is 49.8 Å². The first-order valence-corrected chi connectivity index (χ1v) is 41.8. The van der Waals surface area contributed by atoms with Crippen LogP contribution in [0.4, 0.5) is 0 Å². The first kappa shape index (κ1) is 103. The standard InChI is InChI=1S/C84H154O35/c1-78(2,3)99-36-43-50-57(85-22)64(92-29)71(106-43)114-51-44(37-100-79(4,5)6)108-73(66(94-31)58(51)86-23)116-53-46(39-102-81(10,11)12)110-75(68(96-33)60(53)88-25)118-55-48(41-104-83(16,17)18)112-77(70(98-35)62(55)90-27)119-56-49(42-105-84(19,20)21)111-76(69(97-34)63(56)91-28)117-54-47(40-103-82(13,14)15)109-74(67(95-32)61(54)89-26)115-52-45(38-101-80(7,8)9)107-72(113-50)65(93-30)59(52)87-24/h43-77H,36-42H2,1-35H3/t43-,44-,45-,46-,47-,48-,49-,50-,51-,52-,53-,54-,55-,56-,57+,58+,59+,60+,61+,62+,63+,64-,65-,66-,67-,68-,69-,70-,71-,72-,73-,74-,75-,76-,77-/m1/s1. The number of methoxy groups -OCH3 is 14. The van der Waals surface area contributed by atoms with E-state index in [2.05, 4.69) is 0 Å². The molecule has 0 amide bonds. The fourth-order valence-electron chi connectivity index (χ4n) is 16.0. The quantitative estimate of drug-likeness (QED) is 0.0787. The van der Waals surface area contributed by atoms with E-state index >= 15 is 0 Å². The monoisotopic (exact) mass is 1720 g/mol. The average molecular weight is 1720 g/mol. The van der Waals surface area contributed by atoms with Gasteiger partial charge in [0.05, 0.1) is 85.5 Å². The van der Waals surface area contributed by atoms with Crippen LogP contribution in [-0.2, 0) is 166 Å². The zero-order chi connectivity index (χ0) is 88.4. The zero-order valence-electron chi connectivity index (χ0n) is 77.9. The largest absolute Gasteiger partial charge is 0.376 e. The summed E-state index contributed by atoms with van der Waals surface area (Å²) in [6.45, 7) is 40.2. The van der Waals surface area contributed by atoms with Gasteiger partial charge in [0, 0.05) is 99.5 Å². The lowest BCUT2D eigenvalue weighted by molar-refractivity contribution is -0.404. The van der Waals surface area contributed by atoms with Gasteiger partial charge in [-0.25, -0.2) is 0 Å². The molecule has 700 valence electrons. The summed E-state index contributed by atoms with van der Waals surface area (Å²) in [5.41, 5.74) is -4.94. The summed E-state index contributed by atoms with van der Waals surface area (Å²) < 4.78 is 240. The SMILES string of the molecule is CO[C@@H]1[C@@H](OC)[C@H]2O[C@H]3[C@H](OC)[C@@H](OC)[C@@H](O[C@H]4[C@H](OC)[C@@H](OC)[C@@H](O[C@H]5[C@H](OC)[C@@H](OC)[C@@H](O[C@H]6[C@H](OC)[C@@H](OC)[C@@H](O[C@H]7[C@H](OC)[C@@H](OC)[C@@H](O[C@H]8[C@H](OC)[C@@H](OC)[C@@H](O[C@@H]1[C@@H](COC(C)(C)C)O2)O[C@@H]8COC(C)(C)C)O[C@@H]7COC(C)(C)C)O[C@@H]6COC(C)(C)C)O[C@@H]5COC(C)(C)C)O[C@@H]4COC(C)(C)C)O[C@@H]3COC(C)(C)C. The maximum absolute atomic E-state index is 7.34. The Hall–Kier alpha value is -1.40. The van der Waals surface area contributed by atoms with Crippen molar-refractivity contribution in [2.75, 3.05) is 146 Å². The topological polar surface area (TPSA) is 323 Å². The predicted octanol–water partition coefficient (Wildman–Crippen LogP) is 6.69. The van der Waals surface area contributed by atoms with Crippen molar-refractivity contribution in [3.05, 3.63) is 0 Å². The minimum atomic E-state index is -1.28. The van der Waals surface area contributed by atoms with Crippen LogP contribution in [0.1, 0.15) is 145 Å². The van der Waals surface area contributed by atoms with Crippen molar-refractivity contribution < 1.29 is 166 Å². The van der Waals surface area contributed by atoms with Gasteiger partial charge in [-0.3, -0.25) is 0 Å². The summed E-state index contributed by atoms with van der Waals surface area (Å²) in [6.07, 6.45) is -38.1. The first-order valence-electron chi connectivity index (χ1n) is 41.8. The molecule has 0 saturated carbocycles. The van der Waals surface area contributed by atoms with Crippen LogP contribution < -0.4 is 0 Å². The van der Waals surface area contributed by atoms with E-state index in [9.17, 15) is 0 Å². The van der Waals surface area contributed by atoms with Crippen molar-refractivity contribution in [1.82, 2.24) is 0 Å². The summed E-state index contributed by atoms with van der Waals surface area (Å²) in [7, 11) is 21.5. The smallest absolute Gasteiger partial charge is 0.187 e. The van der Waals surface area contributed by atoms with Crippen LogP contribution >= 0.6 is 0 Å².